The summed E-state index contributed by atoms with van der Waals surface area (Å²) in [5, 5.41) is 21.7. The zero-order chi connectivity index (χ0) is 18.9. The molecular formula is C13H5ClF4N2O5. The molecule has 2 aromatic rings. The summed E-state index contributed by atoms with van der Waals surface area (Å²) in [5.74, 6) is -2.25. The van der Waals surface area contributed by atoms with Crippen molar-refractivity contribution in [2.75, 3.05) is 0 Å². The normalized spacial score (nSPS) is 11.2. The van der Waals surface area contributed by atoms with Crippen LogP contribution in [0.25, 0.3) is 0 Å². The SMILES string of the molecule is O=[N+]([O-])c1cc(C(F)(F)F)cc([N+](=O)[O-])c1Oc1ccc(F)cc1Cl. The third-order valence-electron chi connectivity index (χ3n) is 2.88. The minimum Gasteiger partial charge on any atom is -0.443 e. The summed E-state index contributed by atoms with van der Waals surface area (Å²) < 4.78 is 56.4. The Morgan fingerprint density at radius 3 is 1.92 bits per heavy atom. The van der Waals surface area contributed by atoms with Gasteiger partial charge in [-0.15, -0.1) is 0 Å². The van der Waals surface area contributed by atoms with Gasteiger partial charge in [0.2, 0.25) is 0 Å². The molecule has 0 heterocycles. The second-order valence-corrected chi connectivity index (χ2v) is 4.94. The number of nitrogens with zero attached hydrogens (tertiary/aromatic N) is 2. The Kier molecular flexibility index (Phi) is 4.79. The Bertz CT molecular complexity index is 837. The van der Waals surface area contributed by atoms with Crippen molar-refractivity contribution >= 4 is 23.0 Å². The number of benzene rings is 2. The van der Waals surface area contributed by atoms with Crippen LogP contribution in [0.3, 0.4) is 0 Å². The lowest BCUT2D eigenvalue weighted by atomic mass is 10.1. The standard InChI is InChI=1S/C13H5ClF4N2O5/c14-8-5-7(15)1-2-11(8)25-12-9(19(21)22)3-6(13(16,17)18)4-10(12)20(23)24/h1-5H. The van der Waals surface area contributed by atoms with Crippen molar-refractivity contribution in [3.8, 4) is 11.5 Å². The Balaban J connectivity index is 2.70. The summed E-state index contributed by atoms with van der Waals surface area (Å²) >= 11 is 5.66. The van der Waals surface area contributed by atoms with Gasteiger partial charge in [-0.2, -0.15) is 13.2 Å². The van der Waals surface area contributed by atoms with Crippen LogP contribution < -0.4 is 4.74 Å². The smallest absolute Gasteiger partial charge is 0.416 e. The molecule has 0 spiro atoms. The number of hydrogen-bond donors (Lipinski definition) is 0. The summed E-state index contributed by atoms with van der Waals surface area (Å²) in [5.41, 5.74) is -4.17. The molecule has 132 valence electrons. The minimum atomic E-state index is -5.05. The van der Waals surface area contributed by atoms with E-state index < -0.39 is 50.3 Å². The minimum absolute atomic E-state index is 0.0970. The van der Waals surface area contributed by atoms with Crippen LogP contribution in [-0.2, 0) is 6.18 Å². The number of ether oxygens (including phenoxy) is 1. The number of halogens is 5. The van der Waals surface area contributed by atoms with Crippen molar-refractivity contribution in [2.45, 2.75) is 6.18 Å². The monoisotopic (exact) mass is 380 g/mol. The molecule has 0 saturated carbocycles. The highest BCUT2D eigenvalue weighted by molar-refractivity contribution is 6.32. The van der Waals surface area contributed by atoms with Crippen molar-refractivity contribution in [2.24, 2.45) is 0 Å². The largest absolute Gasteiger partial charge is 0.443 e. The second kappa shape index (κ2) is 6.51. The molecule has 25 heavy (non-hydrogen) atoms. The summed E-state index contributed by atoms with van der Waals surface area (Å²) in [6.07, 6.45) is -5.05. The predicted molar refractivity (Wildman–Crippen MR) is 76.2 cm³/mol. The highest BCUT2D eigenvalue weighted by Gasteiger charge is 2.38. The van der Waals surface area contributed by atoms with Gasteiger partial charge >= 0.3 is 17.6 Å². The molecule has 0 aliphatic heterocycles. The van der Waals surface area contributed by atoms with Crippen LogP contribution in [0.2, 0.25) is 5.02 Å². The van der Waals surface area contributed by atoms with Gasteiger partial charge in [0.25, 0.3) is 5.75 Å². The van der Waals surface area contributed by atoms with Crippen LogP contribution in [0.15, 0.2) is 30.3 Å². The van der Waals surface area contributed by atoms with Gasteiger partial charge in [0.1, 0.15) is 11.6 Å². The van der Waals surface area contributed by atoms with E-state index in [4.69, 9.17) is 16.3 Å². The second-order valence-electron chi connectivity index (χ2n) is 4.53. The molecule has 0 aromatic heterocycles. The predicted octanol–water partition coefficient (Wildman–Crippen LogP) is 5.11. The fourth-order valence-corrected chi connectivity index (χ4v) is 2.01. The molecule has 0 atom stereocenters. The first-order chi connectivity index (χ1) is 11.5. The van der Waals surface area contributed by atoms with Crippen molar-refractivity contribution < 1.29 is 32.1 Å². The van der Waals surface area contributed by atoms with Gasteiger partial charge in [-0.25, -0.2) is 4.39 Å². The van der Waals surface area contributed by atoms with Crippen LogP contribution in [0.4, 0.5) is 28.9 Å². The molecule has 0 radical (unpaired) electrons. The lowest BCUT2D eigenvalue weighted by Crippen LogP contribution is -2.08. The van der Waals surface area contributed by atoms with Gasteiger partial charge in [-0.3, -0.25) is 20.2 Å². The van der Waals surface area contributed by atoms with E-state index >= 15 is 0 Å². The Labute approximate surface area is 140 Å². The number of alkyl halides is 3. The topological polar surface area (TPSA) is 95.5 Å². The third kappa shape index (κ3) is 3.94. The highest BCUT2D eigenvalue weighted by atomic mass is 35.5. The van der Waals surface area contributed by atoms with Crippen molar-refractivity contribution in [1.29, 1.82) is 0 Å². The zero-order valence-electron chi connectivity index (χ0n) is 11.7. The first-order valence-electron chi connectivity index (χ1n) is 6.17. The molecule has 0 unspecified atom stereocenters. The molecule has 0 saturated heterocycles. The van der Waals surface area contributed by atoms with E-state index in [1.54, 1.807) is 0 Å². The molecule has 0 N–H and O–H groups in total. The third-order valence-corrected chi connectivity index (χ3v) is 3.17. The van der Waals surface area contributed by atoms with Crippen LogP contribution in [0.1, 0.15) is 5.56 Å². The number of nitro groups is 2. The lowest BCUT2D eigenvalue weighted by molar-refractivity contribution is -0.396. The fraction of sp³-hybridized carbons (Fsp3) is 0.0769. The summed E-state index contributed by atoms with van der Waals surface area (Å²) in [7, 11) is 0. The Morgan fingerprint density at radius 1 is 1.00 bits per heavy atom. The first-order valence-corrected chi connectivity index (χ1v) is 6.55. The summed E-state index contributed by atoms with van der Waals surface area (Å²) in [6, 6.07) is 2.73. The average molecular weight is 381 g/mol. The van der Waals surface area contributed by atoms with E-state index in [1.807, 2.05) is 0 Å². The quantitative estimate of drug-likeness (QED) is 0.417. The van der Waals surface area contributed by atoms with E-state index in [0.29, 0.717) is 0 Å². The van der Waals surface area contributed by atoms with Gasteiger partial charge in [-0.1, -0.05) is 11.6 Å². The molecule has 12 heteroatoms. The summed E-state index contributed by atoms with van der Waals surface area (Å²) in [4.78, 5) is 19.6. The molecule has 0 amide bonds. The zero-order valence-corrected chi connectivity index (χ0v) is 12.5. The van der Waals surface area contributed by atoms with Crippen LogP contribution in [-0.4, -0.2) is 9.85 Å². The maximum absolute atomic E-state index is 13.0. The average Bonchev–Trinajstić information content (AvgIpc) is 2.48. The molecule has 7 nitrogen and oxygen atoms in total. The Morgan fingerprint density at radius 2 is 1.52 bits per heavy atom. The van der Waals surface area contributed by atoms with Gasteiger partial charge in [-0.05, 0) is 18.2 Å². The van der Waals surface area contributed by atoms with Gasteiger partial charge in [0, 0.05) is 12.1 Å². The molecule has 0 bridgehead atoms. The number of hydrogen-bond acceptors (Lipinski definition) is 5. The highest BCUT2D eigenvalue weighted by Crippen LogP contribution is 2.45. The lowest BCUT2D eigenvalue weighted by Gasteiger charge is -2.11. The fourth-order valence-electron chi connectivity index (χ4n) is 1.81. The van der Waals surface area contributed by atoms with E-state index in [2.05, 4.69) is 0 Å². The van der Waals surface area contributed by atoms with Crippen molar-refractivity contribution in [1.82, 2.24) is 0 Å². The molecule has 0 fully saturated rings. The van der Waals surface area contributed by atoms with Crippen molar-refractivity contribution in [3.63, 3.8) is 0 Å². The van der Waals surface area contributed by atoms with E-state index in [0.717, 1.165) is 18.2 Å². The van der Waals surface area contributed by atoms with Gasteiger partial charge in [0.15, 0.2) is 0 Å². The number of rotatable bonds is 4. The van der Waals surface area contributed by atoms with Crippen molar-refractivity contribution in [3.05, 3.63) is 67.0 Å². The maximum Gasteiger partial charge on any atom is 0.416 e. The van der Waals surface area contributed by atoms with Gasteiger partial charge in [0.05, 0.1) is 20.4 Å². The Hall–Kier alpha value is -2.95. The molecule has 0 aliphatic rings. The molecule has 0 aliphatic carbocycles. The molecular weight excluding hydrogens is 376 g/mol. The van der Waals surface area contributed by atoms with E-state index in [9.17, 15) is 37.8 Å². The molecule has 2 rings (SSSR count). The summed E-state index contributed by atoms with van der Waals surface area (Å²) in [6.45, 7) is 0. The first kappa shape index (κ1) is 18.4. The number of nitro benzene ring substituents is 2. The van der Waals surface area contributed by atoms with Gasteiger partial charge < -0.3 is 4.74 Å². The molecule has 2 aromatic carbocycles. The maximum atomic E-state index is 13.0. The van der Waals surface area contributed by atoms with Crippen LogP contribution in [0, 0.1) is 26.0 Å². The van der Waals surface area contributed by atoms with E-state index in [1.165, 1.54) is 0 Å². The van der Waals surface area contributed by atoms with Crippen LogP contribution in [0.5, 0.6) is 11.5 Å². The van der Waals surface area contributed by atoms with E-state index in [-0.39, 0.29) is 17.2 Å². The van der Waals surface area contributed by atoms with Crippen LogP contribution >= 0.6 is 11.6 Å².